The average molecular weight is 349 g/mol. The van der Waals surface area contributed by atoms with E-state index in [1.54, 1.807) is 0 Å². The molecule has 1 amide bonds. The fraction of sp³-hybridized carbons (Fsp3) is 0.632. The van der Waals surface area contributed by atoms with E-state index >= 15 is 0 Å². The predicted octanol–water partition coefficient (Wildman–Crippen LogP) is 3.68. The second-order valence-electron chi connectivity index (χ2n) is 6.80. The number of amides is 1. The Morgan fingerprint density at radius 3 is 2.83 bits per heavy atom. The fourth-order valence-corrected chi connectivity index (χ4v) is 4.76. The van der Waals surface area contributed by atoms with Gasteiger partial charge in [-0.3, -0.25) is 4.79 Å². The molecular formula is C19H28N2O2S. The first kappa shape index (κ1) is 17.8. The van der Waals surface area contributed by atoms with Crippen LogP contribution in [0.15, 0.2) is 29.2 Å². The third-order valence-electron chi connectivity index (χ3n) is 4.74. The molecule has 4 nitrogen and oxygen atoms in total. The van der Waals surface area contributed by atoms with Gasteiger partial charge in [0.2, 0.25) is 5.91 Å². The molecule has 2 aliphatic rings. The van der Waals surface area contributed by atoms with Crippen molar-refractivity contribution in [2.24, 2.45) is 5.92 Å². The van der Waals surface area contributed by atoms with Crippen LogP contribution in [0.1, 0.15) is 38.5 Å². The molecule has 1 saturated carbocycles. The molecule has 0 spiro atoms. The predicted molar refractivity (Wildman–Crippen MR) is 99.6 cm³/mol. The highest BCUT2D eigenvalue weighted by Crippen LogP contribution is 2.37. The Morgan fingerprint density at radius 2 is 2.04 bits per heavy atom. The highest BCUT2D eigenvalue weighted by Gasteiger charge is 2.18. The first-order chi connectivity index (χ1) is 11.8. The smallest absolute Gasteiger partial charge is 0.250 e. The Labute approximate surface area is 149 Å². The number of hydrogen-bond acceptors (Lipinski definition) is 4. The van der Waals surface area contributed by atoms with Crippen molar-refractivity contribution in [1.82, 2.24) is 5.32 Å². The molecule has 1 aromatic carbocycles. The molecular weight excluding hydrogens is 320 g/mol. The van der Waals surface area contributed by atoms with E-state index in [9.17, 15) is 4.79 Å². The van der Waals surface area contributed by atoms with Gasteiger partial charge in [0.05, 0.1) is 12.3 Å². The summed E-state index contributed by atoms with van der Waals surface area (Å²) >= 11 is 1.90. The maximum atomic E-state index is 12.2. The average Bonchev–Trinajstić information content (AvgIpc) is 3.11. The zero-order chi connectivity index (χ0) is 16.6. The van der Waals surface area contributed by atoms with Gasteiger partial charge in [0.15, 0.2) is 0 Å². The van der Waals surface area contributed by atoms with Crippen LogP contribution in [0.3, 0.4) is 0 Å². The number of ether oxygens (including phenoxy) is 1. The van der Waals surface area contributed by atoms with Gasteiger partial charge in [-0.05, 0) is 50.3 Å². The second-order valence-corrected chi connectivity index (χ2v) is 8.14. The molecule has 1 heterocycles. The number of thioether (sulfide) groups is 1. The van der Waals surface area contributed by atoms with Crippen LogP contribution >= 0.6 is 11.8 Å². The number of anilines is 1. The Bertz CT molecular complexity index is 526. The summed E-state index contributed by atoms with van der Waals surface area (Å²) in [5, 5.41) is 7.09. The van der Waals surface area contributed by atoms with Gasteiger partial charge in [0, 0.05) is 16.7 Å². The molecule has 1 aliphatic carbocycles. The standard InChI is InChI=1S/C19H28N2O2S/c22-19(14-23-13-15-6-5-11-20-12-15)21-17-9-3-4-10-18(17)24-16-7-1-2-8-16/h3-4,9-10,15-16,20H,1-2,5-8,11-14H2,(H,21,22)/t15-/m1/s1. The van der Waals surface area contributed by atoms with E-state index in [0.717, 1.165) is 18.8 Å². The molecule has 5 heteroatoms. The zero-order valence-electron chi connectivity index (χ0n) is 14.3. The number of nitrogens with one attached hydrogen (secondary N) is 2. The van der Waals surface area contributed by atoms with E-state index in [2.05, 4.69) is 16.7 Å². The molecule has 132 valence electrons. The normalized spacial score (nSPS) is 21.8. The van der Waals surface area contributed by atoms with E-state index < -0.39 is 0 Å². The molecule has 1 atom stereocenters. The van der Waals surface area contributed by atoms with Crippen molar-refractivity contribution in [3.05, 3.63) is 24.3 Å². The lowest BCUT2D eigenvalue weighted by Crippen LogP contribution is -2.33. The van der Waals surface area contributed by atoms with Gasteiger partial charge in [-0.2, -0.15) is 0 Å². The van der Waals surface area contributed by atoms with Crippen molar-refractivity contribution in [2.75, 3.05) is 31.6 Å². The molecule has 1 saturated heterocycles. The van der Waals surface area contributed by atoms with Crippen LogP contribution in [0.2, 0.25) is 0 Å². The molecule has 2 N–H and O–H groups in total. The van der Waals surface area contributed by atoms with Crippen LogP contribution in [-0.2, 0) is 9.53 Å². The molecule has 2 fully saturated rings. The summed E-state index contributed by atoms with van der Waals surface area (Å²) in [5.41, 5.74) is 0.919. The summed E-state index contributed by atoms with van der Waals surface area (Å²) in [6.45, 7) is 2.91. The monoisotopic (exact) mass is 348 g/mol. The van der Waals surface area contributed by atoms with Crippen LogP contribution in [0.4, 0.5) is 5.69 Å². The first-order valence-electron chi connectivity index (χ1n) is 9.15. The number of rotatable bonds is 7. The summed E-state index contributed by atoms with van der Waals surface area (Å²) in [7, 11) is 0. The van der Waals surface area contributed by atoms with Gasteiger partial charge in [-0.25, -0.2) is 0 Å². The summed E-state index contributed by atoms with van der Waals surface area (Å²) in [6.07, 6.45) is 7.62. The van der Waals surface area contributed by atoms with Crippen molar-refractivity contribution in [3.63, 3.8) is 0 Å². The van der Waals surface area contributed by atoms with Gasteiger partial charge >= 0.3 is 0 Å². The van der Waals surface area contributed by atoms with Crippen LogP contribution in [-0.4, -0.2) is 37.5 Å². The van der Waals surface area contributed by atoms with E-state index in [4.69, 9.17) is 4.74 Å². The Morgan fingerprint density at radius 1 is 1.21 bits per heavy atom. The maximum Gasteiger partial charge on any atom is 0.250 e. The summed E-state index contributed by atoms with van der Waals surface area (Å²) in [6, 6.07) is 8.11. The highest BCUT2D eigenvalue weighted by molar-refractivity contribution is 8.00. The SMILES string of the molecule is O=C(COC[C@@H]1CCCNC1)Nc1ccccc1SC1CCCC1. The minimum absolute atomic E-state index is 0.0572. The van der Waals surface area contributed by atoms with Gasteiger partial charge < -0.3 is 15.4 Å². The number of hydrogen-bond donors (Lipinski definition) is 2. The van der Waals surface area contributed by atoms with Crippen LogP contribution in [0, 0.1) is 5.92 Å². The van der Waals surface area contributed by atoms with Crippen molar-refractivity contribution >= 4 is 23.4 Å². The fourth-order valence-electron chi connectivity index (χ4n) is 3.43. The summed E-state index contributed by atoms with van der Waals surface area (Å²) in [4.78, 5) is 13.4. The number of carbonyl (C=O) groups excluding carboxylic acids is 1. The summed E-state index contributed by atoms with van der Waals surface area (Å²) in [5.74, 6) is 0.481. The van der Waals surface area contributed by atoms with E-state index in [1.807, 2.05) is 30.0 Å². The quantitative estimate of drug-likeness (QED) is 0.789. The van der Waals surface area contributed by atoms with Crippen LogP contribution < -0.4 is 10.6 Å². The molecule has 0 aromatic heterocycles. The lowest BCUT2D eigenvalue weighted by Gasteiger charge is -2.22. The third-order valence-corrected chi connectivity index (χ3v) is 6.16. The lowest BCUT2D eigenvalue weighted by atomic mass is 10.0. The van der Waals surface area contributed by atoms with E-state index in [0.29, 0.717) is 17.8 Å². The van der Waals surface area contributed by atoms with Gasteiger partial charge in [0.25, 0.3) is 0 Å². The molecule has 1 aliphatic heterocycles. The third kappa shape index (κ3) is 5.50. The summed E-state index contributed by atoms with van der Waals surface area (Å²) < 4.78 is 5.62. The molecule has 1 aromatic rings. The van der Waals surface area contributed by atoms with Crippen molar-refractivity contribution in [1.29, 1.82) is 0 Å². The second kappa shape index (κ2) is 9.44. The first-order valence-corrected chi connectivity index (χ1v) is 10.0. The zero-order valence-corrected chi connectivity index (χ0v) is 15.1. The van der Waals surface area contributed by atoms with Crippen LogP contribution in [0.5, 0.6) is 0 Å². The van der Waals surface area contributed by atoms with Gasteiger partial charge in [-0.1, -0.05) is 25.0 Å². The number of carbonyl (C=O) groups is 1. The molecule has 0 radical (unpaired) electrons. The largest absolute Gasteiger partial charge is 0.371 e. The molecule has 24 heavy (non-hydrogen) atoms. The highest BCUT2D eigenvalue weighted by atomic mass is 32.2. The molecule has 0 unspecified atom stereocenters. The lowest BCUT2D eigenvalue weighted by molar-refractivity contribution is -0.121. The Hall–Kier alpha value is -1.04. The molecule has 3 rings (SSSR count). The van der Waals surface area contributed by atoms with Crippen molar-refractivity contribution < 1.29 is 9.53 Å². The Balaban J connectivity index is 1.45. The van der Waals surface area contributed by atoms with Gasteiger partial charge in [-0.15, -0.1) is 11.8 Å². The van der Waals surface area contributed by atoms with E-state index in [1.165, 1.54) is 43.4 Å². The topological polar surface area (TPSA) is 50.4 Å². The van der Waals surface area contributed by atoms with Crippen LogP contribution in [0.25, 0.3) is 0 Å². The van der Waals surface area contributed by atoms with Gasteiger partial charge in [0.1, 0.15) is 6.61 Å². The van der Waals surface area contributed by atoms with Crippen molar-refractivity contribution in [3.8, 4) is 0 Å². The number of piperidine rings is 1. The Kier molecular flexibility index (Phi) is 6.99. The minimum atomic E-state index is -0.0572. The molecule has 0 bridgehead atoms. The minimum Gasteiger partial charge on any atom is -0.371 e. The van der Waals surface area contributed by atoms with E-state index in [-0.39, 0.29) is 12.5 Å². The van der Waals surface area contributed by atoms with Crippen molar-refractivity contribution in [2.45, 2.75) is 48.7 Å². The number of para-hydroxylation sites is 1. The number of benzene rings is 1. The maximum absolute atomic E-state index is 12.2.